The van der Waals surface area contributed by atoms with Gasteiger partial charge in [-0.3, -0.25) is 4.90 Å². The molecular weight excluding hydrogens is 447 g/mol. The zero-order chi connectivity index (χ0) is 23.6. The molecule has 1 aromatic carbocycles. The summed E-state index contributed by atoms with van der Waals surface area (Å²) in [6.07, 6.45) is 4.69. The van der Waals surface area contributed by atoms with E-state index < -0.39 is 11.4 Å². The normalized spacial score (nSPS) is 15.5. The number of hydrogen-bond donors (Lipinski definition) is 2. The molecule has 0 bridgehead atoms. The fourth-order valence-electron chi connectivity index (χ4n) is 3.90. The molecule has 0 spiro atoms. The highest BCUT2D eigenvalue weighted by atomic mass is 35.5. The molecule has 2 aromatic heterocycles. The summed E-state index contributed by atoms with van der Waals surface area (Å²) in [7, 11) is 0. The molecule has 1 fully saturated rings. The summed E-state index contributed by atoms with van der Waals surface area (Å²) in [5.41, 5.74) is 2.06. The van der Waals surface area contributed by atoms with Gasteiger partial charge in [0.25, 0.3) is 0 Å². The van der Waals surface area contributed by atoms with E-state index in [1.54, 1.807) is 10.6 Å². The lowest BCUT2D eigenvalue weighted by Crippen LogP contribution is -2.45. The molecule has 0 saturated carbocycles. The van der Waals surface area contributed by atoms with Crippen LogP contribution in [0, 0.1) is 5.82 Å². The van der Waals surface area contributed by atoms with Gasteiger partial charge in [0.15, 0.2) is 5.82 Å². The summed E-state index contributed by atoms with van der Waals surface area (Å²) in [6.45, 7) is 7.99. The minimum absolute atomic E-state index is 0.0449. The molecule has 8 nitrogen and oxygen atoms in total. The number of nitrogens with zero attached hydrogens (tertiary/aromatic N) is 4. The van der Waals surface area contributed by atoms with Crippen molar-refractivity contribution in [2.75, 3.05) is 18.4 Å². The minimum Gasteiger partial charge on any atom is -0.444 e. The number of amides is 1. The van der Waals surface area contributed by atoms with E-state index >= 15 is 0 Å². The number of rotatable bonds is 5. The molecule has 3 heterocycles. The Morgan fingerprint density at radius 3 is 2.73 bits per heavy atom. The Bertz CT molecular complexity index is 1140. The van der Waals surface area contributed by atoms with Crippen LogP contribution in [0.1, 0.15) is 39.2 Å². The van der Waals surface area contributed by atoms with Crippen LogP contribution < -0.4 is 10.6 Å². The van der Waals surface area contributed by atoms with Crippen molar-refractivity contribution in [1.29, 1.82) is 0 Å². The minimum atomic E-state index is -0.506. The van der Waals surface area contributed by atoms with Gasteiger partial charge in [-0.15, -0.1) is 0 Å². The SMILES string of the molecule is CC(C)(C)OC(=O)NC1CCN(Cc2ccn3ncnc(Nc4ccc(F)c(Cl)c4)c23)CC1. The highest BCUT2D eigenvalue weighted by Crippen LogP contribution is 2.27. The second-order valence-corrected chi connectivity index (χ2v) is 9.60. The van der Waals surface area contributed by atoms with Crippen molar-refractivity contribution in [2.45, 2.75) is 51.8 Å². The third kappa shape index (κ3) is 5.91. The first-order valence-corrected chi connectivity index (χ1v) is 11.3. The Kier molecular flexibility index (Phi) is 6.71. The lowest BCUT2D eigenvalue weighted by molar-refractivity contribution is 0.0477. The fraction of sp³-hybridized carbons (Fsp3) is 0.435. The molecular formula is C23H28ClFN6O2. The molecule has 1 saturated heterocycles. The molecule has 0 atom stereocenters. The van der Waals surface area contributed by atoms with Crippen LogP contribution in [0.25, 0.3) is 5.52 Å². The Balaban J connectivity index is 1.41. The van der Waals surface area contributed by atoms with Gasteiger partial charge in [-0.25, -0.2) is 18.7 Å². The summed E-state index contributed by atoms with van der Waals surface area (Å²) in [4.78, 5) is 18.8. The number of fused-ring (bicyclic) bond motifs is 1. The van der Waals surface area contributed by atoms with E-state index in [-0.39, 0.29) is 17.2 Å². The summed E-state index contributed by atoms with van der Waals surface area (Å²) >= 11 is 5.92. The Labute approximate surface area is 197 Å². The first-order chi connectivity index (χ1) is 15.7. The number of likely N-dealkylation sites (tertiary alicyclic amines) is 1. The summed E-state index contributed by atoms with van der Waals surface area (Å²) in [6, 6.07) is 6.59. The Hall–Kier alpha value is -2.91. The van der Waals surface area contributed by atoms with Gasteiger partial charge in [0.2, 0.25) is 0 Å². The van der Waals surface area contributed by atoms with Gasteiger partial charge in [0.05, 0.1) is 5.02 Å². The number of piperidine rings is 1. The maximum Gasteiger partial charge on any atom is 0.407 e. The average molecular weight is 475 g/mol. The smallest absolute Gasteiger partial charge is 0.407 e. The quantitative estimate of drug-likeness (QED) is 0.555. The van der Waals surface area contributed by atoms with Crippen LogP contribution >= 0.6 is 11.6 Å². The van der Waals surface area contributed by atoms with Crippen molar-refractivity contribution in [3.8, 4) is 0 Å². The summed E-state index contributed by atoms with van der Waals surface area (Å²) in [5, 5.41) is 10.5. The monoisotopic (exact) mass is 474 g/mol. The van der Waals surface area contributed by atoms with Crippen LogP contribution in [0.5, 0.6) is 0 Å². The topological polar surface area (TPSA) is 83.8 Å². The van der Waals surface area contributed by atoms with Crippen molar-refractivity contribution in [3.63, 3.8) is 0 Å². The fourth-order valence-corrected chi connectivity index (χ4v) is 4.08. The van der Waals surface area contributed by atoms with Gasteiger partial charge in [0.1, 0.15) is 23.3 Å². The van der Waals surface area contributed by atoms with Crippen molar-refractivity contribution >= 4 is 34.7 Å². The number of halogens is 2. The summed E-state index contributed by atoms with van der Waals surface area (Å²) in [5.74, 6) is 0.150. The van der Waals surface area contributed by atoms with Crippen LogP contribution in [-0.4, -0.2) is 50.3 Å². The van der Waals surface area contributed by atoms with Gasteiger partial charge in [0, 0.05) is 37.6 Å². The molecule has 0 aliphatic carbocycles. The third-order valence-electron chi connectivity index (χ3n) is 5.42. The molecule has 0 unspecified atom stereocenters. The van der Waals surface area contributed by atoms with E-state index in [2.05, 4.69) is 25.6 Å². The molecule has 176 valence electrons. The van der Waals surface area contributed by atoms with Crippen molar-refractivity contribution in [2.24, 2.45) is 0 Å². The number of benzene rings is 1. The van der Waals surface area contributed by atoms with E-state index in [4.69, 9.17) is 16.3 Å². The van der Waals surface area contributed by atoms with Crippen LogP contribution in [0.3, 0.4) is 0 Å². The molecule has 33 heavy (non-hydrogen) atoms. The maximum absolute atomic E-state index is 13.5. The second-order valence-electron chi connectivity index (χ2n) is 9.19. The Morgan fingerprint density at radius 1 is 1.27 bits per heavy atom. The van der Waals surface area contributed by atoms with Gasteiger partial charge < -0.3 is 15.4 Å². The number of carbonyl (C=O) groups excluding carboxylic acids is 1. The van der Waals surface area contributed by atoms with Crippen LogP contribution in [0.15, 0.2) is 36.8 Å². The van der Waals surface area contributed by atoms with Crippen LogP contribution in [-0.2, 0) is 11.3 Å². The van der Waals surface area contributed by atoms with E-state index in [1.807, 2.05) is 33.0 Å². The molecule has 1 aliphatic heterocycles. The largest absolute Gasteiger partial charge is 0.444 e. The lowest BCUT2D eigenvalue weighted by atomic mass is 10.0. The molecule has 1 amide bonds. The number of anilines is 2. The molecule has 3 aromatic rings. The first-order valence-electron chi connectivity index (χ1n) is 10.9. The van der Waals surface area contributed by atoms with Gasteiger partial charge in [-0.2, -0.15) is 5.10 Å². The molecule has 4 rings (SSSR count). The van der Waals surface area contributed by atoms with Gasteiger partial charge >= 0.3 is 6.09 Å². The first kappa shape index (κ1) is 23.3. The van der Waals surface area contributed by atoms with E-state index in [9.17, 15) is 9.18 Å². The third-order valence-corrected chi connectivity index (χ3v) is 5.71. The highest BCUT2D eigenvalue weighted by Gasteiger charge is 2.24. The zero-order valence-corrected chi connectivity index (χ0v) is 19.7. The predicted molar refractivity (Wildman–Crippen MR) is 125 cm³/mol. The number of alkyl carbamates (subject to hydrolysis) is 1. The number of nitrogens with one attached hydrogen (secondary N) is 2. The van der Waals surface area contributed by atoms with Crippen molar-refractivity contribution < 1.29 is 13.9 Å². The molecule has 1 aliphatic rings. The number of ether oxygens (including phenoxy) is 1. The van der Waals surface area contributed by atoms with Gasteiger partial charge in [-0.1, -0.05) is 11.6 Å². The van der Waals surface area contributed by atoms with Crippen LogP contribution in [0.4, 0.5) is 20.7 Å². The van der Waals surface area contributed by atoms with E-state index in [1.165, 1.54) is 18.5 Å². The van der Waals surface area contributed by atoms with E-state index in [0.29, 0.717) is 11.5 Å². The van der Waals surface area contributed by atoms with Crippen molar-refractivity contribution in [3.05, 3.63) is 53.2 Å². The van der Waals surface area contributed by atoms with Gasteiger partial charge in [-0.05, 0) is 63.4 Å². The molecule has 2 N–H and O–H groups in total. The standard InChI is InChI=1S/C23H28ClFN6O2/c1-23(2,3)33-22(32)29-16-7-9-30(10-8-16)13-15-6-11-31-20(15)21(26-14-27-31)28-17-4-5-19(25)18(24)12-17/h4-6,11-12,14,16H,7-10,13H2,1-3H3,(H,29,32)(H,26,27,28). The average Bonchev–Trinajstić information content (AvgIpc) is 3.15. The van der Waals surface area contributed by atoms with Crippen molar-refractivity contribution in [1.82, 2.24) is 24.8 Å². The summed E-state index contributed by atoms with van der Waals surface area (Å²) < 4.78 is 20.6. The van der Waals surface area contributed by atoms with E-state index in [0.717, 1.165) is 43.6 Å². The molecule has 10 heteroatoms. The zero-order valence-electron chi connectivity index (χ0n) is 18.9. The maximum atomic E-state index is 13.5. The number of carbonyl (C=O) groups is 1. The number of aromatic nitrogens is 3. The van der Waals surface area contributed by atoms with Crippen LogP contribution in [0.2, 0.25) is 5.02 Å². The highest BCUT2D eigenvalue weighted by molar-refractivity contribution is 6.31. The number of hydrogen-bond acceptors (Lipinski definition) is 6. The second kappa shape index (κ2) is 9.52. The lowest BCUT2D eigenvalue weighted by Gasteiger charge is -2.32. The molecule has 0 radical (unpaired) electrons. The predicted octanol–water partition coefficient (Wildman–Crippen LogP) is 4.75. The Morgan fingerprint density at radius 2 is 2.03 bits per heavy atom.